The summed E-state index contributed by atoms with van der Waals surface area (Å²) in [7, 11) is 0. The van der Waals surface area contributed by atoms with Gasteiger partial charge in [-0.25, -0.2) is 9.37 Å². The second-order valence-electron chi connectivity index (χ2n) is 4.54. The van der Waals surface area contributed by atoms with Crippen LogP contribution in [0, 0.1) is 5.82 Å². The number of rotatable bonds is 4. The van der Waals surface area contributed by atoms with E-state index in [-0.39, 0.29) is 11.5 Å². The largest absolute Gasteiger partial charge is 0.370 e. The molecule has 1 aromatic heterocycles. The van der Waals surface area contributed by atoms with Gasteiger partial charge in [0.2, 0.25) is 5.91 Å². The number of nitrogens with one attached hydrogen (secondary N) is 3. The van der Waals surface area contributed by atoms with Crippen LogP contribution in [0.5, 0.6) is 0 Å². The van der Waals surface area contributed by atoms with E-state index in [1.165, 1.54) is 0 Å². The number of carbonyl (C=O) groups excluding carboxylic acids is 2. The number of halogens is 1. The van der Waals surface area contributed by atoms with Crippen molar-refractivity contribution in [1.82, 2.24) is 15.6 Å². The molecule has 1 atom stereocenters. The molecule has 3 N–H and O–H groups in total. The second-order valence-corrected chi connectivity index (χ2v) is 4.54. The Bertz CT molecular complexity index is 521. The zero-order chi connectivity index (χ0) is 14.5. The Kier molecular flexibility index (Phi) is 4.49. The molecule has 0 aromatic carbocycles. The van der Waals surface area contributed by atoms with Crippen LogP contribution in [0.4, 0.5) is 10.2 Å². The Hall–Kier alpha value is -2.18. The fourth-order valence-electron chi connectivity index (χ4n) is 2.07. The zero-order valence-electron chi connectivity index (χ0n) is 11.2. The molecule has 108 valence electrons. The van der Waals surface area contributed by atoms with E-state index in [2.05, 4.69) is 20.9 Å². The molecule has 1 aliphatic heterocycles. The van der Waals surface area contributed by atoms with Crippen molar-refractivity contribution >= 4 is 17.6 Å². The fraction of sp³-hybridized carbons (Fsp3) is 0.462. The van der Waals surface area contributed by atoms with Crippen molar-refractivity contribution in [3.05, 3.63) is 23.6 Å². The maximum absolute atomic E-state index is 13.3. The number of hydrogen-bond donors (Lipinski definition) is 3. The number of carbonyl (C=O) groups is 2. The molecule has 20 heavy (non-hydrogen) atoms. The van der Waals surface area contributed by atoms with Crippen molar-refractivity contribution in [2.24, 2.45) is 0 Å². The molecule has 1 unspecified atom stereocenters. The van der Waals surface area contributed by atoms with Gasteiger partial charge in [-0.3, -0.25) is 9.59 Å². The highest BCUT2D eigenvalue weighted by molar-refractivity contribution is 6.01. The van der Waals surface area contributed by atoms with E-state index in [0.717, 1.165) is 18.7 Å². The van der Waals surface area contributed by atoms with Crippen molar-refractivity contribution in [1.29, 1.82) is 0 Å². The summed E-state index contributed by atoms with van der Waals surface area (Å²) in [5.74, 6) is -0.999. The quantitative estimate of drug-likeness (QED) is 0.756. The van der Waals surface area contributed by atoms with E-state index in [0.29, 0.717) is 25.3 Å². The molecule has 0 bridgehead atoms. The monoisotopic (exact) mass is 280 g/mol. The predicted octanol–water partition coefficient (Wildman–Crippen LogP) is 0.661. The maximum atomic E-state index is 13.3. The summed E-state index contributed by atoms with van der Waals surface area (Å²) in [6.07, 6.45) is 2.43. The van der Waals surface area contributed by atoms with Crippen LogP contribution in [0.15, 0.2) is 12.3 Å². The summed E-state index contributed by atoms with van der Waals surface area (Å²) in [4.78, 5) is 27.6. The van der Waals surface area contributed by atoms with Crippen LogP contribution in [0.25, 0.3) is 0 Å². The van der Waals surface area contributed by atoms with E-state index in [1.54, 1.807) is 0 Å². The third-order valence-electron chi connectivity index (χ3n) is 3.03. The maximum Gasteiger partial charge on any atom is 0.255 e. The topological polar surface area (TPSA) is 83.1 Å². The van der Waals surface area contributed by atoms with Gasteiger partial charge in [0.15, 0.2) is 0 Å². The van der Waals surface area contributed by atoms with E-state index < -0.39 is 17.8 Å². The minimum Gasteiger partial charge on any atom is -0.370 e. The molecule has 1 fully saturated rings. The average Bonchev–Trinajstić information content (AvgIpc) is 2.43. The molecule has 2 heterocycles. The first-order chi connectivity index (χ1) is 9.61. The third kappa shape index (κ3) is 3.23. The number of pyridine rings is 1. The Morgan fingerprint density at radius 2 is 2.40 bits per heavy atom. The third-order valence-corrected chi connectivity index (χ3v) is 3.03. The average molecular weight is 280 g/mol. The number of aromatic nitrogens is 1. The summed E-state index contributed by atoms with van der Waals surface area (Å²) in [6, 6.07) is 0.537. The summed E-state index contributed by atoms with van der Waals surface area (Å²) in [6.45, 7) is 3.03. The van der Waals surface area contributed by atoms with E-state index in [1.807, 2.05) is 6.92 Å². The van der Waals surface area contributed by atoms with Gasteiger partial charge in [0.05, 0.1) is 11.8 Å². The molecule has 0 aliphatic carbocycles. The van der Waals surface area contributed by atoms with Crippen molar-refractivity contribution < 1.29 is 14.0 Å². The molecule has 0 spiro atoms. The molecule has 1 aromatic rings. The van der Waals surface area contributed by atoms with Gasteiger partial charge in [-0.15, -0.1) is 0 Å². The molecule has 2 rings (SSSR count). The van der Waals surface area contributed by atoms with Crippen LogP contribution < -0.4 is 16.0 Å². The van der Waals surface area contributed by atoms with Crippen molar-refractivity contribution in [2.75, 3.05) is 18.4 Å². The number of anilines is 1. The lowest BCUT2D eigenvalue weighted by molar-refractivity contribution is -0.124. The Labute approximate surface area is 116 Å². The highest BCUT2D eigenvalue weighted by atomic mass is 19.1. The highest BCUT2D eigenvalue weighted by Gasteiger charge is 2.25. The fourth-order valence-corrected chi connectivity index (χ4v) is 2.07. The lowest BCUT2D eigenvalue weighted by atomic mass is 10.1. The predicted molar refractivity (Wildman–Crippen MR) is 71.9 cm³/mol. The number of hydrogen-bond acceptors (Lipinski definition) is 4. The first kappa shape index (κ1) is 14.2. The van der Waals surface area contributed by atoms with Crippen LogP contribution in [-0.2, 0) is 4.79 Å². The van der Waals surface area contributed by atoms with Crippen molar-refractivity contribution in [2.45, 2.75) is 25.8 Å². The molecule has 1 saturated heterocycles. The van der Waals surface area contributed by atoms with Crippen LogP contribution in [-0.4, -0.2) is 35.9 Å². The summed E-state index contributed by atoms with van der Waals surface area (Å²) >= 11 is 0. The van der Waals surface area contributed by atoms with Gasteiger partial charge in [-0.1, -0.05) is 0 Å². The Morgan fingerprint density at radius 1 is 1.60 bits per heavy atom. The normalized spacial score (nSPS) is 18.3. The first-order valence-corrected chi connectivity index (χ1v) is 6.59. The van der Waals surface area contributed by atoms with E-state index in [9.17, 15) is 14.0 Å². The zero-order valence-corrected chi connectivity index (χ0v) is 11.2. The van der Waals surface area contributed by atoms with Crippen LogP contribution in [0.1, 0.15) is 30.1 Å². The minimum absolute atomic E-state index is 0.102. The van der Waals surface area contributed by atoms with Crippen LogP contribution in [0.2, 0.25) is 0 Å². The van der Waals surface area contributed by atoms with Crippen LogP contribution in [0.3, 0.4) is 0 Å². The second kappa shape index (κ2) is 6.31. The SMILES string of the molecule is CCNc1ncc(F)cc1C(=O)NC1CCCNC1=O. The van der Waals surface area contributed by atoms with Gasteiger partial charge in [-0.05, 0) is 25.8 Å². The molecule has 2 amide bonds. The summed E-state index contributed by atoms with van der Waals surface area (Å²) < 4.78 is 13.3. The number of piperidine rings is 1. The Balaban J connectivity index is 2.15. The van der Waals surface area contributed by atoms with Crippen LogP contribution >= 0.6 is 0 Å². The highest BCUT2D eigenvalue weighted by Crippen LogP contribution is 2.14. The molecular weight excluding hydrogens is 263 g/mol. The van der Waals surface area contributed by atoms with E-state index in [4.69, 9.17) is 0 Å². The lowest BCUT2D eigenvalue weighted by Crippen LogP contribution is -2.50. The van der Waals surface area contributed by atoms with Crippen molar-refractivity contribution in [3.8, 4) is 0 Å². The molecular formula is C13H17FN4O2. The minimum atomic E-state index is -0.593. The lowest BCUT2D eigenvalue weighted by Gasteiger charge is -2.23. The van der Waals surface area contributed by atoms with Gasteiger partial charge in [0, 0.05) is 13.1 Å². The summed E-state index contributed by atoms with van der Waals surface area (Å²) in [5, 5.41) is 8.19. The number of nitrogens with zero attached hydrogens (tertiary/aromatic N) is 1. The standard InChI is InChI=1S/C13H17FN4O2/c1-2-15-11-9(6-8(14)7-17-11)12(19)18-10-4-3-5-16-13(10)20/h6-7,10H,2-5H2,1H3,(H,15,17)(H,16,20)(H,18,19). The molecule has 1 aliphatic rings. The molecule has 6 nitrogen and oxygen atoms in total. The first-order valence-electron chi connectivity index (χ1n) is 6.59. The molecule has 0 radical (unpaired) electrons. The van der Waals surface area contributed by atoms with E-state index >= 15 is 0 Å². The van der Waals surface area contributed by atoms with Crippen molar-refractivity contribution in [3.63, 3.8) is 0 Å². The number of amides is 2. The molecule has 7 heteroatoms. The van der Waals surface area contributed by atoms with Gasteiger partial charge in [-0.2, -0.15) is 0 Å². The van der Waals surface area contributed by atoms with Gasteiger partial charge >= 0.3 is 0 Å². The molecule has 0 saturated carbocycles. The van der Waals surface area contributed by atoms with Gasteiger partial charge in [0.1, 0.15) is 17.7 Å². The summed E-state index contributed by atoms with van der Waals surface area (Å²) in [5.41, 5.74) is 0.102. The van der Waals surface area contributed by atoms with Gasteiger partial charge in [0.25, 0.3) is 5.91 Å². The Morgan fingerprint density at radius 3 is 3.10 bits per heavy atom. The van der Waals surface area contributed by atoms with Gasteiger partial charge < -0.3 is 16.0 Å². The smallest absolute Gasteiger partial charge is 0.255 e.